The molecule has 3 heteroatoms. The van der Waals surface area contributed by atoms with Crippen molar-refractivity contribution >= 4 is 11.8 Å². The Kier molecular flexibility index (Phi) is 4.89. The summed E-state index contributed by atoms with van der Waals surface area (Å²) in [6.45, 7) is 5.42. The van der Waals surface area contributed by atoms with Crippen LogP contribution in [0.25, 0.3) is 0 Å². The Labute approximate surface area is 109 Å². The number of nitrogens with two attached hydrogens (primary N) is 1. The van der Waals surface area contributed by atoms with Gasteiger partial charge in [-0.05, 0) is 11.5 Å². The Morgan fingerprint density at radius 1 is 1.24 bits per heavy atom. The molecule has 1 saturated heterocycles. The van der Waals surface area contributed by atoms with Crippen LogP contribution in [0.1, 0.15) is 18.4 Å². The van der Waals surface area contributed by atoms with Crippen molar-refractivity contribution in [2.75, 3.05) is 31.1 Å². The van der Waals surface area contributed by atoms with Crippen molar-refractivity contribution < 1.29 is 0 Å². The van der Waals surface area contributed by atoms with Gasteiger partial charge < -0.3 is 5.73 Å². The first-order chi connectivity index (χ1) is 8.33. The molecule has 17 heavy (non-hydrogen) atoms. The summed E-state index contributed by atoms with van der Waals surface area (Å²) in [4.78, 5) is 2.56. The molecule has 2 atom stereocenters. The van der Waals surface area contributed by atoms with Crippen molar-refractivity contribution in [2.24, 2.45) is 5.73 Å². The van der Waals surface area contributed by atoms with Gasteiger partial charge in [-0.3, -0.25) is 4.90 Å². The van der Waals surface area contributed by atoms with E-state index in [1.54, 1.807) is 0 Å². The highest BCUT2D eigenvalue weighted by molar-refractivity contribution is 7.99. The zero-order valence-corrected chi connectivity index (χ0v) is 11.3. The molecule has 0 bridgehead atoms. The van der Waals surface area contributed by atoms with Crippen LogP contribution in [0, 0.1) is 0 Å². The molecule has 1 fully saturated rings. The van der Waals surface area contributed by atoms with Gasteiger partial charge in [0.2, 0.25) is 0 Å². The molecule has 0 amide bonds. The van der Waals surface area contributed by atoms with E-state index in [9.17, 15) is 0 Å². The van der Waals surface area contributed by atoms with Gasteiger partial charge in [0, 0.05) is 37.2 Å². The maximum atomic E-state index is 5.99. The lowest BCUT2D eigenvalue weighted by molar-refractivity contribution is 0.197. The van der Waals surface area contributed by atoms with Gasteiger partial charge in [0.1, 0.15) is 0 Å². The number of hydrogen-bond acceptors (Lipinski definition) is 3. The number of nitrogens with zero attached hydrogens (tertiary/aromatic N) is 1. The van der Waals surface area contributed by atoms with Crippen LogP contribution in [0.3, 0.4) is 0 Å². The third kappa shape index (κ3) is 3.24. The molecule has 0 aromatic heterocycles. The Hall–Kier alpha value is -0.510. The molecule has 94 valence electrons. The summed E-state index contributed by atoms with van der Waals surface area (Å²) in [5, 5.41) is 0. The zero-order chi connectivity index (χ0) is 12.1. The minimum absolute atomic E-state index is 0.485. The van der Waals surface area contributed by atoms with Crippen molar-refractivity contribution in [2.45, 2.75) is 18.9 Å². The third-order valence-corrected chi connectivity index (χ3v) is 4.60. The fraction of sp³-hybridized carbons (Fsp3) is 0.571. The molecule has 1 aromatic carbocycles. The van der Waals surface area contributed by atoms with E-state index in [0.717, 1.165) is 6.54 Å². The Balaban J connectivity index is 2.06. The molecule has 0 radical (unpaired) electrons. The first kappa shape index (κ1) is 12.9. The molecule has 2 nitrogen and oxygen atoms in total. The molecule has 2 N–H and O–H groups in total. The summed E-state index contributed by atoms with van der Waals surface area (Å²) in [6.07, 6.45) is 0. The Bertz CT molecular complexity index is 322. The molecule has 1 aromatic rings. The fourth-order valence-corrected chi connectivity index (χ4v) is 3.49. The maximum absolute atomic E-state index is 5.99. The summed E-state index contributed by atoms with van der Waals surface area (Å²) in [5.74, 6) is 3.01. The number of hydrogen-bond donors (Lipinski definition) is 1. The van der Waals surface area contributed by atoms with Gasteiger partial charge in [0.15, 0.2) is 0 Å². The molecule has 1 heterocycles. The lowest BCUT2D eigenvalue weighted by atomic mass is 9.92. The lowest BCUT2D eigenvalue weighted by Gasteiger charge is -2.37. The molecule has 0 aliphatic carbocycles. The Morgan fingerprint density at radius 3 is 2.47 bits per heavy atom. The molecule has 1 aliphatic heterocycles. The predicted octanol–water partition coefficient (Wildman–Crippen LogP) is 2.17. The van der Waals surface area contributed by atoms with Crippen LogP contribution in [0.5, 0.6) is 0 Å². The minimum Gasteiger partial charge on any atom is -0.329 e. The molecule has 2 rings (SSSR count). The maximum Gasteiger partial charge on any atom is 0.0285 e. The highest BCUT2D eigenvalue weighted by Gasteiger charge is 2.25. The van der Waals surface area contributed by atoms with Crippen LogP contribution in [0.2, 0.25) is 0 Å². The third-order valence-electron chi connectivity index (χ3n) is 3.66. The van der Waals surface area contributed by atoms with Crippen molar-refractivity contribution in [1.82, 2.24) is 4.90 Å². The zero-order valence-electron chi connectivity index (χ0n) is 10.5. The first-order valence-electron chi connectivity index (χ1n) is 6.39. The monoisotopic (exact) mass is 250 g/mol. The van der Waals surface area contributed by atoms with Crippen molar-refractivity contribution in [1.29, 1.82) is 0 Å². The van der Waals surface area contributed by atoms with E-state index in [0.29, 0.717) is 12.0 Å². The molecular weight excluding hydrogens is 228 g/mol. The van der Waals surface area contributed by atoms with Gasteiger partial charge in [-0.15, -0.1) is 0 Å². The second kappa shape index (κ2) is 6.43. The van der Waals surface area contributed by atoms with Gasteiger partial charge in [0.05, 0.1) is 0 Å². The summed E-state index contributed by atoms with van der Waals surface area (Å²) >= 11 is 2.05. The van der Waals surface area contributed by atoms with Gasteiger partial charge in [-0.2, -0.15) is 11.8 Å². The lowest BCUT2D eigenvalue weighted by Crippen LogP contribution is -2.47. The van der Waals surface area contributed by atoms with Crippen molar-refractivity contribution in [3.63, 3.8) is 0 Å². The predicted molar refractivity (Wildman–Crippen MR) is 76.6 cm³/mol. The normalized spacial score (nSPS) is 21.1. The summed E-state index contributed by atoms with van der Waals surface area (Å²) in [6, 6.07) is 11.2. The molecular formula is C14H22N2S. The second-order valence-electron chi connectivity index (χ2n) is 4.65. The topological polar surface area (TPSA) is 29.3 Å². The van der Waals surface area contributed by atoms with E-state index in [1.807, 2.05) is 0 Å². The number of rotatable bonds is 4. The second-order valence-corrected chi connectivity index (χ2v) is 5.88. The SMILES string of the molecule is CC(c1ccccc1)C(CN)N1CCSCC1. The van der Waals surface area contributed by atoms with E-state index >= 15 is 0 Å². The standard InChI is InChI=1S/C14H22N2S/c1-12(13-5-3-2-4-6-13)14(11-15)16-7-9-17-10-8-16/h2-6,12,14H,7-11,15H2,1H3. The van der Waals surface area contributed by atoms with Gasteiger partial charge in [-0.1, -0.05) is 37.3 Å². The Morgan fingerprint density at radius 2 is 1.88 bits per heavy atom. The van der Waals surface area contributed by atoms with E-state index in [2.05, 4.69) is 53.9 Å². The van der Waals surface area contributed by atoms with E-state index in [4.69, 9.17) is 5.73 Å². The van der Waals surface area contributed by atoms with Crippen LogP contribution in [-0.2, 0) is 0 Å². The molecule has 1 aliphatic rings. The quantitative estimate of drug-likeness (QED) is 0.888. The highest BCUT2D eigenvalue weighted by Crippen LogP contribution is 2.24. The van der Waals surface area contributed by atoms with Crippen molar-refractivity contribution in [3.05, 3.63) is 35.9 Å². The van der Waals surface area contributed by atoms with Gasteiger partial charge >= 0.3 is 0 Å². The number of benzene rings is 1. The van der Waals surface area contributed by atoms with Crippen LogP contribution >= 0.6 is 11.8 Å². The van der Waals surface area contributed by atoms with Gasteiger partial charge in [0.25, 0.3) is 0 Å². The summed E-state index contributed by atoms with van der Waals surface area (Å²) in [7, 11) is 0. The molecule has 0 saturated carbocycles. The van der Waals surface area contributed by atoms with Crippen LogP contribution in [0.4, 0.5) is 0 Å². The van der Waals surface area contributed by atoms with E-state index in [1.165, 1.54) is 30.2 Å². The van der Waals surface area contributed by atoms with E-state index < -0.39 is 0 Å². The van der Waals surface area contributed by atoms with Crippen LogP contribution in [-0.4, -0.2) is 42.1 Å². The fourth-order valence-electron chi connectivity index (χ4n) is 2.56. The number of thioether (sulfide) groups is 1. The smallest absolute Gasteiger partial charge is 0.0285 e. The van der Waals surface area contributed by atoms with Crippen molar-refractivity contribution in [3.8, 4) is 0 Å². The van der Waals surface area contributed by atoms with Crippen LogP contribution < -0.4 is 5.73 Å². The average molecular weight is 250 g/mol. The molecule has 0 spiro atoms. The highest BCUT2D eigenvalue weighted by atomic mass is 32.2. The molecule has 2 unspecified atom stereocenters. The summed E-state index contributed by atoms with van der Waals surface area (Å²) in [5.41, 5.74) is 7.40. The largest absolute Gasteiger partial charge is 0.329 e. The first-order valence-corrected chi connectivity index (χ1v) is 7.55. The van der Waals surface area contributed by atoms with Crippen LogP contribution in [0.15, 0.2) is 30.3 Å². The van der Waals surface area contributed by atoms with E-state index in [-0.39, 0.29) is 0 Å². The van der Waals surface area contributed by atoms with Gasteiger partial charge in [-0.25, -0.2) is 0 Å². The average Bonchev–Trinajstić information content (AvgIpc) is 2.42. The summed E-state index contributed by atoms with van der Waals surface area (Å²) < 4.78 is 0. The minimum atomic E-state index is 0.485.